The van der Waals surface area contributed by atoms with Crippen LogP contribution in [0.25, 0.3) is 38.9 Å². The molecule has 0 saturated carbocycles. The van der Waals surface area contributed by atoms with E-state index in [0.29, 0.717) is 0 Å². The summed E-state index contributed by atoms with van der Waals surface area (Å²) < 4.78 is 0. The first kappa shape index (κ1) is 11.6. The molecule has 106 valence electrons. The van der Waals surface area contributed by atoms with Crippen LogP contribution >= 0.6 is 0 Å². The molecule has 1 heterocycles. The smallest absolute Gasteiger partial charge is 0.0801 e. The van der Waals surface area contributed by atoms with Crippen LogP contribution in [0.1, 0.15) is 5.56 Å². The monoisotopic (exact) mass is 291 g/mol. The van der Waals surface area contributed by atoms with Crippen LogP contribution < -0.4 is 5.22 Å². The lowest BCUT2D eigenvalue weighted by atomic mass is 9.95. The van der Waals surface area contributed by atoms with Crippen LogP contribution in [0, 0.1) is 10.6 Å². The Morgan fingerprint density at radius 1 is 0.783 bits per heavy atom. The minimum absolute atomic E-state index is 0.994. The van der Waals surface area contributed by atoms with Crippen molar-refractivity contribution in [2.24, 2.45) is 0 Å². The van der Waals surface area contributed by atoms with E-state index in [9.17, 15) is 0 Å². The summed E-state index contributed by atoms with van der Waals surface area (Å²) in [7, 11) is 0. The Morgan fingerprint density at radius 2 is 1.61 bits per heavy atom. The van der Waals surface area contributed by atoms with Crippen molar-refractivity contribution in [3.8, 4) is 11.3 Å². The van der Waals surface area contributed by atoms with E-state index < -0.39 is 0 Å². The number of hydrogen-bond donors (Lipinski definition) is 0. The van der Waals surface area contributed by atoms with Gasteiger partial charge in [-0.25, -0.2) is 4.98 Å². The van der Waals surface area contributed by atoms with Crippen molar-refractivity contribution in [3.05, 3.63) is 82.0 Å². The third-order valence-electron chi connectivity index (χ3n) is 5.21. The van der Waals surface area contributed by atoms with Crippen molar-refractivity contribution in [2.45, 2.75) is 6.42 Å². The van der Waals surface area contributed by atoms with E-state index in [2.05, 4.69) is 66.7 Å². The van der Waals surface area contributed by atoms with Crippen molar-refractivity contribution in [1.29, 1.82) is 0 Å². The maximum atomic E-state index is 5.08. The van der Waals surface area contributed by atoms with Gasteiger partial charge < -0.3 is 0 Å². The van der Waals surface area contributed by atoms with Gasteiger partial charge in [-0.2, -0.15) is 0 Å². The highest BCUT2D eigenvalue weighted by Crippen LogP contribution is 2.32. The Kier molecular flexibility index (Phi) is 1.96. The summed E-state index contributed by atoms with van der Waals surface area (Å²) in [6, 6.07) is 21.8. The summed E-state index contributed by atoms with van der Waals surface area (Å²) in [6.07, 6.45) is 3.35. The van der Waals surface area contributed by atoms with E-state index >= 15 is 0 Å². The van der Waals surface area contributed by atoms with E-state index in [1.807, 2.05) is 0 Å². The lowest BCUT2D eigenvalue weighted by molar-refractivity contribution is 1.25. The number of rotatable bonds is 0. The van der Waals surface area contributed by atoms with Crippen LogP contribution in [0.15, 0.2) is 60.7 Å². The minimum Gasteiger partial charge on any atom is -0.246 e. The first-order valence-electron chi connectivity index (χ1n) is 8.06. The largest absolute Gasteiger partial charge is 0.246 e. The summed E-state index contributed by atoms with van der Waals surface area (Å²) in [4.78, 5) is 5.08. The van der Waals surface area contributed by atoms with Crippen LogP contribution in [0.3, 0.4) is 0 Å². The molecule has 6 rings (SSSR count). The maximum absolute atomic E-state index is 5.08. The predicted octanol–water partition coefficient (Wildman–Crippen LogP) is 4.27. The molecule has 0 spiro atoms. The summed E-state index contributed by atoms with van der Waals surface area (Å²) >= 11 is 0. The molecular formula is C22H13N. The number of benzene rings is 3. The Labute approximate surface area is 132 Å². The average molecular weight is 291 g/mol. The second-order valence-corrected chi connectivity index (χ2v) is 6.37. The molecule has 3 aliphatic rings. The molecular weight excluding hydrogens is 278 g/mol. The molecule has 0 bridgehead atoms. The third-order valence-corrected chi connectivity index (χ3v) is 5.21. The summed E-state index contributed by atoms with van der Waals surface area (Å²) in [5.74, 6) is 0. The topological polar surface area (TPSA) is 12.9 Å². The molecule has 0 aromatic heterocycles. The van der Waals surface area contributed by atoms with Crippen molar-refractivity contribution in [3.63, 3.8) is 0 Å². The van der Waals surface area contributed by atoms with Crippen LogP contribution in [-0.2, 0) is 6.42 Å². The van der Waals surface area contributed by atoms with E-state index in [-0.39, 0.29) is 0 Å². The normalized spacial score (nSPS) is 13.4. The number of hydrogen-bond acceptors (Lipinski definition) is 1. The molecule has 1 heteroatoms. The zero-order valence-electron chi connectivity index (χ0n) is 12.5. The lowest BCUT2D eigenvalue weighted by Crippen LogP contribution is -2.10. The second-order valence-electron chi connectivity index (χ2n) is 6.37. The Morgan fingerprint density at radius 3 is 2.52 bits per heavy atom. The Bertz CT molecular complexity index is 1330. The Hall–Kier alpha value is -2.93. The quantitative estimate of drug-likeness (QED) is 0.415. The molecule has 23 heavy (non-hydrogen) atoms. The Balaban J connectivity index is 1.91. The van der Waals surface area contributed by atoms with E-state index in [1.165, 1.54) is 43.1 Å². The van der Waals surface area contributed by atoms with Gasteiger partial charge in [-0.05, 0) is 28.1 Å². The SMILES string of the molecule is C1=c2c(nc3c4cccc5cccc(c2=3)c54)-c2ccccc2C1. The third kappa shape index (κ3) is 1.31. The van der Waals surface area contributed by atoms with Crippen LogP contribution in [0.5, 0.6) is 0 Å². The fraction of sp³-hybridized carbons (Fsp3) is 0.0455. The van der Waals surface area contributed by atoms with Gasteiger partial charge in [0.05, 0.1) is 11.0 Å². The van der Waals surface area contributed by atoms with Gasteiger partial charge in [0, 0.05) is 21.4 Å². The van der Waals surface area contributed by atoms with Crippen LogP contribution in [-0.4, -0.2) is 4.98 Å². The summed E-state index contributed by atoms with van der Waals surface area (Å²) in [5, 5.41) is 9.12. The first-order valence-corrected chi connectivity index (χ1v) is 8.06. The van der Waals surface area contributed by atoms with E-state index in [4.69, 9.17) is 4.98 Å². The molecule has 1 nitrogen and oxygen atoms in total. The van der Waals surface area contributed by atoms with Gasteiger partial charge in [-0.1, -0.05) is 66.7 Å². The molecule has 0 atom stereocenters. The fourth-order valence-electron chi connectivity index (χ4n) is 4.23. The van der Waals surface area contributed by atoms with Crippen molar-refractivity contribution in [1.82, 2.24) is 4.98 Å². The number of aromatic nitrogens is 1. The fourth-order valence-corrected chi connectivity index (χ4v) is 4.23. The average Bonchev–Trinajstić information content (AvgIpc) is 3.13. The van der Waals surface area contributed by atoms with Gasteiger partial charge in [-0.3, -0.25) is 0 Å². The highest BCUT2D eigenvalue weighted by atomic mass is 14.7. The van der Waals surface area contributed by atoms with Gasteiger partial charge >= 0.3 is 0 Å². The molecule has 0 radical (unpaired) electrons. The van der Waals surface area contributed by atoms with Crippen molar-refractivity contribution >= 4 is 27.6 Å². The van der Waals surface area contributed by atoms with Gasteiger partial charge in [-0.15, -0.1) is 0 Å². The number of nitrogens with zero attached hydrogens (tertiary/aromatic N) is 1. The van der Waals surface area contributed by atoms with Crippen LogP contribution in [0.2, 0.25) is 0 Å². The molecule has 3 aromatic rings. The maximum Gasteiger partial charge on any atom is 0.0801 e. The van der Waals surface area contributed by atoms with E-state index in [0.717, 1.165) is 17.5 Å². The standard InChI is InChI=1S/C22H13N/c1-2-8-15-13(5-1)11-12-18-20-16-9-3-6-14-7-4-10-17(19(14)16)22(20)23-21(15)18/h1-10,12H,11H2. The zero-order valence-corrected chi connectivity index (χ0v) is 12.5. The molecule has 0 N–H and O–H groups in total. The highest BCUT2D eigenvalue weighted by molar-refractivity contribution is 6.12. The minimum atomic E-state index is 0.994. The first-order chi connectivity index (χ1) is 11.4. The zero-order chi connectivity index (χ0) is 15.0. The van der Waals surface area contributed by atoms with Gasteiger partial charge in [0.25, 0.3) is 0 Å². The number of fused-ring (bicyclic) bond motifs is 6. The molecule has 0 fully saturated rings. The van der Waals surface area contributed by atoms with Crippen LogP contribution in [0.4, 0.5) is 0 Å². The predicted molar refractivity (Wildman–Crippen MR) is 94.6 cm³/mol. The van der Waals surface area contributed by atoms with Gasteiger partial charge in [0.2, 0.25) is 0 Å². The molecule has 1 aliphatic heterocycles. The molecule has 0 saturated heterocycles. The van der Waals surface area contributed by atoms with E-state index in [1.54, 1.807) is 0 Å². The molecule has 2 aliphatic carbocycles. The molecule has 0 unspecified atom stereocenters. The molecule has 0 amide bonds. The van der Waals surface area contributed by atoms with Crippen molar-refractivity contribution < 1.29 is 0 Å². The summed E-state index contributed by atoms with van der Waals surface area (Å²) in [6.45, 7) is 0. The lowest BCUT2D eigenvalue weighted by Gasteiger charge is -2.10. The van der Waals surface area contributed by atoms with Gasteiger partial charge in [0.1, 0.15) is 0 Å². The van der Waals surface area contributed by atoms with Gasteiger partial charge in [0.15, 0.2) is 0 Å². The highest BCUT2D eigenvalue weighted by Gasteiger charge is 2.19. The van der Waals surface area contributed by atoms with Crippen molar-refractivity contribution in [2.75, 3.05) is 0 Å². The molecule has 3 aromatic carbocycles. The second kappa shape index (κ2) is 3.88. The summed E-state index contributed by atoms with van der Waals surface area (Å²) in [5.41, 5.74) is 3.83.